The molecule has 0 spiro atoms. The van der Waals surface area contributed by atoms with Crippen molar-refractivity contribution in [1.29, 1.82) is 0 Å². The molecule has 1 aromatic heterocycles. The van der Waals surface area contributed by atoms with Crippen molar-refractivity contribution in [2.45, 2.75) is 38.8 Å². The highest BCUT2D eigenvalue weighted by Gasteiger charge is 2.24. The molecule has 1 heterocycles. The fraction of sp³-hybridized carbons (Fsp3) is 0.250. The number of hydrogen-bond donors (Lipinski definition) is 2. The lowest BCUT2D eigenvalue weighted by Crippen LogP contribution is -2.48. The highest BCUT2D eigenvalue weighted by molar-refractivity contribution is 6.31. The molecule has 9 heteroatoms. The van der Waals surface area contributed by atoms with Gasteiger partial charge in [0.25, 0.3) is 5.91 Å². The number of benzene rings is 2. The van der Waals surface area contributed by atoms with Crippen LogP contribution in [-0.4, -0.2) is 29.9 Å². The molecule has 2 aromatic carbocycles. The Balaban J connectivity index is 1.75. The van der Waals surface area contributed by atoms with Gasteiger partial charge in [-0.3, -0.25) is 9.59 Å². The Bertz CT molecular complexity index is 1230. The third-order valence-electron chi connectivity index (χ3n) is 4.43. The van der Waals surface area contributed by atoms with Crippen molar-refractivity contribution in [2.24, 2.45) is 5.10 Å². The molecule has 33 heavy (non-hydrogen) atoms. The maximum absolute atomic E-state index is 12.8. The number of rotatable bonds is 6. The van der Waals surface area contributed by atoms with E-state index in [0.717, 1.165) is 5.56 Å². The van der Waals surface area contributed by atoms with E-state index in [0.29, 0.717) is 16.0 Å². The minimum absolute atomic E-state index is 0.129. The van der Waals surface area contributed by atoms with Gasteiger partial charge in [-0.25, -0.2) is 10.2 Å². The molecule has 2 amide bonds. The van der Waals surface area contributed by atoms with Crippen LogP contribution in [0.5, 0.6) is 0 Å². The van der Waals surface area contributed by atoms with E-state index < -0.39 is 23.6 Å². The average molecular weight is 470 g/mol. The summed E-state index contributed by atoms with van der Waals surface area (Å²) in [7, 11) is 0. The first-order chi connectivity index (χ1) is 15.6. The molecule has 0 aliphatic heterocycles. The van der Waals surface area contributed by atoms with Crippen LogP contribution in [0.2, 0.25) is 5.02 Å². The highest BCUT2D eigenvalue weighted by Crippen LogP contribution is 2.16. The molecule has 0 unspecified atom stereocenters. The van der Waals surface area contributed by atoms with E-state index in [1.807, 2.05) is 30.3 Å². The Labute approximate surface area is 195 Å². The van der Waals surface area contributed by atoms with E-state index in [4.69, 9.17) is 20.8 Å². The van der Waals surface area contributed by atoms with Gasteiger partial charge in [0.2, 0.25) is 5.43 Å². The quantitative estimate of drug-likeness (QED) is 0.418. The first-order valence-corrected chi connectivity index (χ1v) is 10.6. The first-order valence-electron chi connectivity index (χ1n) is 10.2. The second kappa shape index (κ2) is 10.3. The smallest absolute Gasteiger partial charge is 0.408 e. The van der Waals surface area contributed by atoms with E-state index >= 15 is 0 Å². The average Bonchev–Trinajstić information content (AvgIpc) is 2.74. The molecular formula is C24H24ClN3O5. The lowest BCUT2D eigenvalue weighted by atomic mass is 10.1. The van der Waals surface area contributed by atoms with Crippen molar-refractivity contribution >= 4 is 40.8 Å². The number of nitrogens with one attached hydrogen (secondary N) is 2. The summed E-state index contributed by atoms with van der Waals surface area (Å²) in [5.74, 6) is -0.575. The minimum Gasteiger partial charge on any atom is -0.463 e. The fourth-order valence-electron chi connectivity index (χ4n) is 2.96. The van der Waals surface area contributed by atoms with Gasteiger partial charge in [-0.1, -0.05) is 41.9 Å². The van der Waals surface area contributed by atoms with E-state index in [1.54, 1.807) is 32.9 Å². The second-order valence-corrected chi connectivity index (χ2v) is 8.72. The number of fused-ring (bicyclic) bond motifs is 1. The molecule has 0 saturated carbocycles. The van der Waals surface area contributed by atoms with Crippen LogP contribution in [0.1, 0.15) is 31.9 Å². The third kappa shape index (κ3) is 6.92. The van der Waals surface area contributed by atoms with Crippen LogP contribution in [0.4, 0.5) is 4.79 Å². The summed E-state index contributed by atoms with van der Waals surface area (Å²) < 4.78 is 10.7. The van der Waals surface area contributed by atoms with Gasteiger partial charge in [0.1, 0.15) is 23.5 Å². The molecule has 0 aliphatic rings. The van der Waals surface area contributed by atoms with Crippen LogP contribution in [0.25, 0.3) is 11.0 Å². The lowest BCUT2D eigenvalue weighted by molar-refractivity contribution is -0.123. The molecule has 2 N–H and O–H groups in total. The van der Waals surface area contributed by atoms with Gasteiger partial charge in [-0.15, -0.1) is 0 Å². The molecule has 0 saturated heterocycles. The van der Waals surface area contributed by atoms with E-state index in [1.165, 1.54) is 18.5 Å². The number of nitrogens with zero attached hydrogens (tertiary/aromatic N) is 1. The van der Waals surface area contributed by atoms with E-state index in [2.05, 4.69) is 15.8 Å². The van der Waals surface area contributed by atoms with Crippen molar-refractivity contribution in [1.82, 2.24) is 10.7 Å². The van der Waals surface area contributed by atoms with Crippen molar-refractivity contribution < 1.29 is 18.7 Å². The van der Waals surface area contributed by atoms with Gasteiger partial charge in [0.05, 0.1) is 17.2 Å². The van der Waals surface area contributed by atoms with Crippen molar-refractivity contribution in [2.75, 3.05) is 0 Å². The van der Waals surface area contributed by atoms with Crippen molar-refractivity contribution in [3.8, 4) is 0 Å². The Kier molecular flexibility index (Phi) is 7.50. The fourth-order valence-corrected chi connectivity index (χ4v) is 3.13. The monoisotopic (exact) mass is 469 g/mol. The Hall–Kier alpha value is -3.65. The van der Waals surface area contributed by atoms with Gasteiger partial charge >= 0.3 is 6.09 Å². The van der Waals surface area contributed by atoms with Crippen molar-refractivity contribution in [3.63, 3.8) is 0 Å². The molecular weight excluding hydrogens is 446 g/mol. The molecule has 3 aromatic rings. The summed E-state index contributed by atoms with van der Waals surface area (Å²) >= 11 is 5.96. The highest BCUT2D eigenvalue weighted by atomic mass is 35.5. The van der Waals surface area contributed by atoms with Crippen LogP contribution in [-0.2, 0) is 16.0 Å². The molecule has 0 fully saturated rings. The maximum atomic E-state index is 12.8. The van der Waals surface area contributed by atoms with Gasteiger partial charge in [0, 0.05) is 11.4 Å². The lowest BCUT2D eigenvalue weighted by Gasteiger charge is -2.23. The van der Waals surface area contributed by atoms with Gasteiger partial charge in [0.15, 0.2) is 0 Å². The molecule has 0 bridgehead atoms. The number of ether oxygens (including phenoxy) is 1. The molecule has 0 radical (unpaired) electrons. The summed E-state index contributed by atoms with van der Waals surface area (Å²) in [5.41, 5.74) is 2.65. The van der Waals surface area contributed by atoms with Crippen LogP contribution in [0.15, 0.2) is 69.1 Å². The number of carbonyl (C=O) groups is 2. The zero-order valence-electron chi connectivity index (χ0n) is 18.4. The zero-order chi connectivity index (χ0) is 24.0. The van der Waals surface area contributed by atoms with Gasteiger partial charge in [-0.05, 0) is 44.5 Å². The maximum Gasteiger partial charge on any atom is 0.408 e. The standard InChI is InChI=1S/C24H24ClN3O5/c1-24(2,3)33-23(31)27-19(11-15-7-5-4-6-8-15)22(30)28-26-13-16-14-32-20-10-9-17(25)12-18(20)21(16)29/h4-10,12-14,19H,11H2,1-3H3,(H,27,31)(H,28,30)/b26-13+/t19-/m0/s1. The molecule has 3 rings (SSSR count). The topological polar surface area (TPSA) is 110 Å². The van der Waals surface area contributed by atoms with E-state index in [-0.39, 0.29) is 17.4 Å². The number of halogens is 1. The SMILES string of the molecule is CC(C)(C)OC(=O)N[C@@H](Cc1ccccc1)C(=O)N/N=C/c1coc2ccc(Cl)cc2c1=O. The normalized spacial score (nSPS) is 12.5. The van der Waals surface area contributed by atoms with Crippen LogP contribution < -0.4 is 16.2 Å². The summed E-state index contributed by atoms with van der Waals surface area (Å²) in [6.45, 7) is 5.18. The van der Waals surface area contributed by atoms with Gasteiger partial charge in [-0.2, -0.15) is 5.10 Å². The predicted molar refractivity (Wildman–Crippen MR) is 127 cm³/mol. The van der Waals surface area contributed by atoms with Crippen molar-refractivity contribution in [3.05, 3.63) is 81.2 Å². The molecule has 1 atom stereocenters. The number of amides is 2. The number of hydrazone groups is 1. The predicted octanol–water partition coefficient (Wildman–Crippen LogP) is 4.03. The number of alkyl carbamates (subject to hydrolysis) is 1. The first kappa shape index (κ1) is 24.0. The molecule has 0 aliphatic carbocycles. The van der Waals surface area contributed by atoms with Gasteiger partial charge < -0.3 is 14.5 Å². The largest absolute Gasteiger partial charge is 0.463 e. The van der Waals surface area contributed by atoms with Crippen LogP contribution in [0, 0.1) is 0 Å². The number of hydrogen-bond acceptors (Lipinski definition) is 6. The second-order valence-electron chi connectivity index (χ2n) is 8.28. The third-order valence-corrected chi connectivity index (χ3v) is 4.66. The Morgan fingerprint density at radius 1 is 1.18 bits per heavy atom. The van der Waals surface area contributed by atoms with E-state index in [9.17, 15) is 14.4 Å². The molecule has 172 valence electrons. The molecule has 8 nitrogen and oxygen atoms in total. The summed E-state index contributed by atoms with van der Waals surface area (Å²) in [4.78, 5) is 37.6. The zero-order valence-corrected chi connectivity index (χ0v) is 19.2. The Morgan fingerprint density at radius 3 is 2.61 bits per heavy atom. The number of carbonyl (C=O) groups excluding carboxylic acids is 2. The minimum atomic E-state index is -0.953. The summed E-state index contributed by atoms with van der Waals surface area (Å²) in [5, 5.41) is 7.13. The Morgan fingerprint density at radius 2 is 1.91 bits per heavy atom. The summed E-state index contributed by atoms with van der Waals surface area (Å²) in [6.07, 6.45) is 1.92. The van der Waals surface area contributed by atoms with Crippen LogP contribution >= 0.6 is 11.6 Å². The van der Waals surface area contributed by atoms with Crippen LogP contribution in [0.3, 0.4) is 0 Å². The summed E-state index contributed by atoms with van der Waals surface area (Å²) in [6, 6.07) is 13.0.